The summed E-state index contributed by atoms with van der Waals surface area (Å²) in [5.41, 5.74) is 2.97. The van der Waals surface area contributed by atoms with E-state index in [0.717, 1.165) is 11.4 Å². The second kappa shape index (κ2) is 9.52. The number of benzene rings is 2. The third kappa shape index (κ3) is 4.99. The lowest BCUT2D eigenvalue weighted by molar-refractivity contribution is -0.113. The fourth-order valence-corrected chi connectivity index (χ4v) is 3.50. The lowest BCUT2D eigenvalue weighted by Gasteiger charge is -2.10. The van der Waals surface area contributed by atoms with Crippen LogP contribution in [0.1, 0.15) is 31.2 Å². The van der Waals surface area contributed by atoms with Crippen LogP contribution < -0.4 is 5.32 Å². The van der Waals surface area contributed by atoms with Crippen molar-refractivity contribution >= 4 is 23.4 Å². The molecule has 0 unspecified atom stereocenters. The van der Waals surface area contributed by atoms with E-state index in [1.54, 1.807) is 7.11 Å². The monoisotopic (exact) mass is 396 g/mol. The number of ether oxygens (including phenoxy) is 1. The molecule has 0 saturated heterocycles. The molecule has 0 fully saturated rings. The Balaban J connectivity index is 1.68. The number of carbonyl (C=O) groups excluding carboxylic acids is 1. The molecule has 6 nitrogen and oxygen atoms in total. The molecule has 7 heteroatoms. The second-order valence-corrected chi connectivity index (χ2v) is 7.56. The molecule has 0 aliphatic heterocycles. The van der Waals surface area contributed by atoms with Crippen molar-refractivity contribution < 1.29 is 9.53 Å². The van der Waals surface area contributed by atoms with Crippen molar-refractivity contribution in [2.45, 2.75) is 31.5 Å². The zero-order valence-corrected chi connectivity index (χ0v) is 17.1. The smallest absolute Gasteiger partial charge is 0.234 e. The van der Waals surface area contributed by atoms with Crippen LogP contribution in [0.4, 0.5) is 5.69 Å². The van der Waals surface area contributed by atoms with E-state index in [0.29, 0.717) is 23.5 Å². The number of nitrogens with one attached hydrogen (secondary N) is 1. The molecule has 2 aromatic carbocycles. The van der Waals surface area contributed by atoms with Crippen LogP contribution in [0.15, 0.2) is 59.8 Å². The summed E-state index contributed by atoms with van der Waals surface area (Å²) in [6.45, 7) is 4.63. The number of para-hydroxylation sites is 1. The number of hydrogen-bond acceptors (Lipinski definition) is 5. The molecule has 0 saturated carbocycles. The van der Waals surface area contributed by atoms with Crippen molar-refractivity contribution in [1.82, 2.24) is 14.8 Å². The molecule has 146 valence electrons. The third-order valence-corrected chi connectivity index (χ3v) is 5.11. The van der Waals surface area contributed by atoms with Gasteiger partial charge in [-0.15, -0.1) is 10.2 Å². The number of carbonyl (C=O) groups is 1. The summed E-state index contributed by atoms with van der Waals surface area (Å²) in [6, 6.07) is 17.7. The normalized spacial score (nSPS) is 11.0. The van der Waals surface area contributed by atoms with Gasteiger partial charge in [0.15, 0.2) is 11.0 Å². The highest BCUT2D eigenvalue weighted by Crippen LogP contribution is 2.23. The van der Waals surface area contributed by atoms with E-state index in [9.17, 15) is 4.79 Å². The van der Waals surface area contributed by atoms with E-state index < -0.39 is 0 Å². The van der Waals surface area contributed by atoms with Crippen molar-refractivity contribution in [2.24, 2.45) is 0 Å². The van der Waals surface area contributed by atoms with Crippen LogP contribution in [0.25, 0.3) is 5.69 Å². The second-order valence-electron chi connectivity index (χ2n) is 6.62. The highest BCUT2D eigenvalue weighted by Gasteiger charge is 2.15. The molecule has 1 aromatic heterocycles. The Hall–Kier alpha value is -2.64. The number of amides is 1. The highest BCUT2D eigenvalue weighted by atomic mass is 32.2. The van der Waals surface area contributed by atoms with Gasteiger partial charge in [-0.05, 0) is 35.7 Å². The standard InChI is InChI=1S/C21H24N4O2S/c1-15(2)16-9-11-17(12-10-16)22-20(26)14-28-21-24-23-19(13-27-3)25(21)18-7-5-4-6-8-18/h4-12,15H,13-14H2,1-3H3,(H,22,26). The minimum atomic E-state index is -0.0850. The number of thioether (sulfide) groups is 1. The first kappa shape index (κ1) is 20.1. The van der Waals surface area contributed by atoms with Gasteiger partial charge in [0.1, 0.15) is 6.61 Å². The third-order valence-electron chi connectivity index (χ3n) is 4.18. The van der Waals surface area contributed by atoms with Gasteiger partial charge in [-0.3, -0.25) is 9.36 Å². The van der Waals surface area contributed by atoms with E-state index in [2.05, 4.69) is 29.4 Å². The average molecular weight is 397 g/mol. The van der Waals surface area contributed by atoms with Crippen LogP contribution in [-0.2, 0) is 16.1 Å². The van der Waals surface area contributed by atoms with Gasteiger partial charge in [0.05, 0.1) is 5.75 Å². The maximum absolute atomic E-state index is 12.4. The summed E-state index contributed by atoms with van der Waals surface area (Å²) < 4.78 is 7.14. The van der Waals surface area contributed by atoms with Crippen molar-refractivity contribution in [3.05, 3.63) is 66.0 Å². The van der Waals surface area contributed by atoms with E-state index in [-0.39, 0.29) is 11.7 Å². The molecule has 1 heterocycles. The zero-order valence-electron chi connectivity index (χ0n) is 16.3. The van der Waals surface area contributed by atoms with E-state index in [1.807, 2.05) is 59.2 Å². The van der Waals surface area contributed by atoms with Gasteiger partial charge < -0.3 is 10.1 Å². The lowest BCUT2D eigenvalue weighted by atomic mass is 10.0. The summed E-state index contributed by atoms with van der Waals surface area (Å²) in [5, 5.41) is 12.0. The molecule has 3 rings (SSSR count). The SMILES string of the molecule is COCc1nnc(SCC(=O)Nc2ccc(C(C)C)cc2)n1-c1ccccc1. The quantitative estimate of drug-likeness (QED) is 0.576. The Labute approximate surface area is 169 Å². The Kier molecular flexibility index (Phi) is 6.84. The van der Waals surface area contributed by atoms with Crippen molar-refractivity contribution in [3.63, 3.8) is 0 Å². The summed E-state index contributed by atoms with van der Waals surface area (Å²) in [6.07, 6.45) is 0. The Bertz CT molecular complexity index is 908. The molecule has 0 spiro atoms. The number of anilines is 1. The van der Waals surface area contributed by atoms with Gasteiger partial charge in [-0.2, -0.15) is 0 Å². The molecule has 0 atom stereocenters. The van der Waals surface area contributed by atoms with Gasteiger partial charge in [0.2, 0.25) is 5.91 Å². The first-order valence-corrected chi connectivity index (χ1v) is 10.1. The van der Waals surface area contributed by atoms with Crippen LogP contribution in [0.2, 0.25) is 0 Å². The van der Waals surface area contributed by atoms with Gasteiger partial charge >= 0.3 is 0 Å². The highest BCUT2D eigenvalue weighted by molar-refractivity contribution is 7.99. The molecule has 0 radical (unpaired) electrons. The van der Waals surface area contributed by atoms with Crippen molar-refractivity contribution in [2.75, 3.05) is 18.2 Å². The van der Waals surface area contributed by atoms with E-state index >= 15 is 0 Å². The number of hydrogen-bond donors (Lipinski definition) is 1. The topological polar surface area (TPSA) is 69.0 Å². The van der Waals surface area contributed by atoms with Gasteiger partial charge in [-0.1, -0.05) is 55.9 Å². The maximum atomic E-state index is 12.4. The van der Waals surface area contributed by atoms with Crippen molar-refractivity contribution in [3.8, 4) is 5.69 Å². The summed E-state index contributed by atoms with van der Waals surface area (Å²) >= 11 is 1.35. The van der Waals surface area contributed by atoms with Gasteiger partial charge in [-0.25, -0.2) is 0 Å². The molecule has 28 heavy (non-hydrogen) atoms. The van der Waals surface area contributed by atoms with Crippen molar-refractivity contribution in [1.29, 1.82) is 0 Å². The van der Waals surface area contributed by atoms with Gasteiger partial charge in [0, 0.05) is 18.5 Å². The predicted molar refractivity (Wildman–Crippen MR) is 112 cm³/mol. The summed E-state index contributed by atoms with van der Waals surface area (Å²) in [5.74, 6) is 1.31. The number of rotatable bonds is 8. The molecule has 0 bridgehead atoms. The summed E-state index contributed by atoms with van der Waals surface area (Å²) in [7, 11) is 1.62. The van der Waals surface area contributed by atoms with E-state index in [1.165, 1.54) is 17.3 Å². The first-order chi connectivity index (χ1) is 13.6. The Morgan fingerprint density at radius 2 is 1.82 bits per heavy atom. The predicted octanol–water partition coefficient (Wildman–Crippen LogP) is 4.27. The summed E-state index contributed by atoms with van der Waals surface area (Å²) in [4.78, 5) is 12.4. The Morgan fingerprint density at radius 3 is 2.46 bits per heavy atom. The van der Waals surface area contributed by atoms with E-state index in [4.69, 9.17) is 4.74 Å². The minimum absolute atomic E-state index is 0.0850. The number of aromatic nitrogens is 3. The molecule has 3 aromatic rings. The lowest BCUT2D eigenvalue weighted by Crippen LogP contribution is -2.14. The zero-order chi connectivity index (χ0) is 19.9. The molecular formula is C21H24N4O2S. The molecule has 0 aliphatic rings. The maximum Gasteiger partial charge on any atom is 0.234 e. The average Bonchev–Trinajstić information content (AvgIpc) is 3.10. The molecular weight excluding hydrogens is 372 g/mol. The van der Waals surface area contributed by atoms with Gasteiger partial charge in [0.25, 0.3) is 0 Å². The molecule has 0 aliphatic carbocycles. The minimum Gasteiger partial charge on any atom is -0.377 e. The van der Waals surface area contributed by atoms with Crippen LogP contribution >= 0.6 is 11.8 Å². The Morgan fingerprint density at radius 1 is 1.11 bits per heavy atom. The molecule has 1 N–H and O–H groups in total. The fourth-order valence-electron chi connectivity index (χ4n) is 2.73. The van der Waals surface area contributed by atoms with Crippen LogP contribution in [0.5, 0.6) is 0 Å². The van der Waals surface area contributed by atoms with Crippen LogP contribution in [-0.4, -0.2) is 33.5 Å². The first-order valence-electron chi connectivity index (χ1n) is 9.09. The van der Waals surface area contributed by atoms with Crippen LogP contribution in [0, 0.1) is 0 Å². The largest absolute Gasteiger partial charge is 0.377 e. The number of methoxy groups -OCH3 is 1. The van der Waals surface area contributed by atoms with Crippen LogP contribution in [0.3, 0.4) is 0 Å². The number of nitrogens with zero attached hydrogens (tertiary/aromatic N) is 3. The fraction of sp³-hybridized carbons (Fsp3) is 0.286. The molecule has 1 amide bonds.